The molecule has 2 atom stereocenters. The smallest absolute Gasteiger partial charge is 0.306 e. The third kappa shape index (κ3) is 9.14. The number of rotatable bonds is 15. The first-order valence-corrected chi connectivity index (χ1v) is 15.1. The fourth-order valence-electron chi connectivity index (χ4n) is 5.58. The van der Waals surface area contributed by atoms with Crippen molar-refractivity contribution in [3.8, 4) is 5.75 Å². The Labute approximate surface area is 253 Å². The van der Waals surface area contributed by atoms with Crippen LogP contribution in [0.2, 0.25) is 0 Å². The Morgan fingerprint density at radius 1 is 0.860 bits per heavy atom. The highest BCUT2D eigenvalue weighted by Crippen LogP contribution is 2.33. The van der Waals surface area contributed by atoms with Crippen LogP contribution in [0.15, 0.2) is 102 Å². The highest BCUT2D eigenvalue weighted by molar-refractivity contribution is 5.91. The molecule has 1 fully saturated rings. The molecule has 0 saturated carbocycles. The number of fused-ring (bicyclic) bond motifs is 1. The summed E-state index contributed by atoms with van der Waals surface area (Å²) in [6.07, 6.45) is 2.34. The fraction of sp³-hybridized carbons (Fsp3) is 0.333. The van der Waals surface area contributed by atoms with Crippen molar-refractivity contribution in [1.82, 2.24) is 5.32 Å². The summed E-state index contributed by atoms with van der Waals surface area (Å²) in [4.78, 5) is 16.6. The van der Waals surface area contributed by atoms with Crippen LogP contribution in [0.5, 0.6) is 5.75 Å². The van der Waals surface area contributed by atoms with Gasteiger partial charge in [0, 0.05) is 25.3 Å². The number of oxime groups is 1. The number of carboxylic acids is 1. The van der Waals surface area contributed by atoms with Crippen molar-refractivity contribution in [2.45, 2.75) is 38.2 Å². The van der Waals surface area contributed by atoms with Crippen LogP contribution < -0.4 is 10.1 Å². The van der Waals surface area contributed by atoms with E-state index < -0.39 is 5.97 Å². The van der Waals surface area contributed by atoms with Gasteiger partial charge in [0.25, 0.3) is 0 Å². The Hall–Kier alpha value is -4.20. The Balaban J connectivity index is 1.22. The van der Waals surface area contributed by atoms with Crippen molar-refractivity contribution >= 4 is 22.5 Å². The van der Waals surface area contributed by atoms with Crippen LogP contribution in [-0.2, 0) is 27.4 Å². The van der Waals surface area contributed by atoms with Gasteiger partial charge in [-0.1, -0.05) is 90.1 Å². The van der Waals surface area contributed by atoms with Crippen LogP contribution in [0.25, 0.3) is 10.8 Å². The largest absolute Gasteiger partial charge is 0.494 e. The molecule has 0 aromatic heterocycles. The molecule has 0 bridgehead atoms. The fourth-order valence-corrected chi connectivity index (χ4v) is 5.58. The number of carbonyl (C=O) groups is 1. The van der Waals surface area contributed by atoms with E-state index in [2.05, 4.69) is 65.1 Å². The molecule has 2 N–H and O–H groups in total. The summed E-state index contributed by atoms with van der Waals surface area (Å²) in [7, 11) is 0. The lowest BCUT2D eigenvalue weighted by Gasteiger charge is -2.33. The molecule has 4 aromatic rings. The third-order valence-electron chi connectivity index (χ3n) is 7.82. The Morgan fingerprint density at radius 2 is 1.65 bits per heavy atom. The summed E-state index contributed by atoms with van der Waals surface area (Å²) < 4.78 is 11.8. The highest BCUT2D eigenvalue weighted by atomic mass is 16.6. The van der Waals surface area contributed by atoms with Crippen LogP contribution >= 0.6 is 0 Å². The van der Waals surface area contributed by atoms with Gasteiger partial charge in [-0.3, -0.25) is 4.79 Å². The lowest BCUT2D eigenvalue weighted by atomic mass is 9.77. The van der Waals surface area contributed by atoms with Crippen molar-refractivity contribution in [2.24, 2.45) is 11.1 Å². The maximum absolute atomic E-state index is 11.0. The van der Waals surface area contributed by atoms with Gasteiger partial charge in [0.1, 0.15) is 12.4 Å². The summed E-state index contributed by atoms with van der Waals surface area (Å²) in [6, 6.07) is 33.4. The third-order valence-corrected chi connectivity index (χ3v) is 7.82. The molecular formula is C36H40N2O5. The van der Waals surface area contributed by atoms with Gasteiger partial charge in [0.15, 0.2) is 0 Å². The first kappa shape index (κ1) is 30.3. The molecule has 0 aliphatic carbocycles. The monoisotopic (exact) mass is 580 g/mol. The zero-order valence-corrected chi connectivity index (χ0v) is 24.5. The van der Waals surface area contributed by atoms with Gasteiger partial charge in [-0.2, -0.15) is 0 Å². The number of hydrogen-bond acceptors (Lipinski definition) is 6. The number of carboxylic acid groups (broad SMARTS) is 1. The van der Waals surface area contributed by atoms with Gasteiger partial charge in [0.05, 0.1) is 32.0 Å². The second kappa shape index (κ2) is 15.9. The maximum Gasteiger partial charge on any atom is 0.306 e. The average Bonchev–Trinajstić information content (AvgIpc) is 3.05. The quantitative estimate of drug-likeness (QED) is 0.0935. The summed E-state index contributed by atoms with van der Waals surface area (Å²) in [5.74, 6) is 0.312. The minimum atomic E-state index is -0.898. The molecule has 7 heteroatoms. The van der Waals surface area contributed by atoms with Crippen LogP contribution in [0.4, 0.5) is 0 Å². The first-order valence-electron chi connectivity index (χ1n) is 15.1. The van der Waals surface area contributed by atoms with Gasteiger partial charge in [0.2, 0.25) is 0 Å². The molecule has 7 nitrogen and oxygen atoms in total. The first-order chi connectivity index (χ1) is 21.2. The van der Waals surface area contributed by atoms with E-state index in [-0.39, 0.29) is 24.9 Å². The van der Waals surface area contributed by atoms with E-state index in [0.717, 1.165) is 43.0 Å². The maximum atomic E-state index is 11.0. The zero-order chi connectivity index (χ0) is 29.7. The number of benzene rings is 4. The molecule has 0 radical (unpaired) electrons. The van der Waals surface area contributed by atoms with E-state index >= 15 is 0 Å². The molecule has 5 rings (SSSR count). The molecule has 1 aliphatic heterocycles. The molecule has 1 aliphatic rings. The van der Waals surface area contributed by atoms with E-state index in [1.807, 2.05) is 42.5 Å². The Bertz CT molecular complexity index is 1470. The number of piperidine rings is 1. The molecule has 2 unspecified atom stereocenters. The minimum Gasteiger partial charge on any atom is -0.494 e. The van der Waals surface area contributed by atoms with E-state index in [1.165, 1.54) is 21.9 Å². The Kier molecular flexibility index (Phi) is 11.2. The summed E-state index contributed by atoms with van der Waals surface area (Å²) in [5, 5.41) is 19.5. The molecular weight excluding hydrogens is 540 g/mol. The lowest BCUT2D eigenvalue weighted by molar-refractivity contribution is -0.138. The van der Waals surface area contributed by atoms with Crippen LogP contribution in [0.3, 0.4) is 0 Å². The van der Waals surface area contributed by atoms with Crippen molar-refractivity contribution in [2.75, 3.05) is 32.9 Å². The normalized spacial score (nSPS) is 17.1. The predicted molar refractivity (Wildman–Crippen MR) is 170 cm³/mol. The van der Waals surface area contributed by atoms with E-state index in [4.69, 9.17) is 19.4 Å². The SMILES string of the molecule is O=C(O)CCO/N=C(/Cc1ccc2ccccc2c1)C1CNCCC1c1ccc(OCCCOCc2ccccc2)cc1. The number of nitrogens with zero attached hydrogens (tertiary/aromatic N) is 1. The average molecular weight is 581 g/mol. The van der Waals surface area contributed by atoms with Crippen LogP contribution in [0, 0.1) is 5.92 Å². The van der Waals surface area contributed by atoms with E-state index in [9.17, 15) is 4.79 Å². The molecule has 0 amide bonds. The van der Waals surface area contributed by atoms with Crippen molar-refractivity contribution in [3.05, 3.63) is 114 Å². The van der Waals surface area contributed by atoms with Crippen molar-refractivity contribution < 1.29 is 24.2 Å². The molecule has 1 saturated heterocycles. The van der Waals surface area contributed by atoms with E-state index in [0.29, 0.717) is 26.2 Å². The van der Waals surface area contributed by atoms with Gasteiger partial charge in [-0.25, -0.2) is 0 Å². The van der Waals surface area contributed by atoms with Gasteiger partial charge in [-0.15, -0.1) is 0 Å². The summed E-state index contributed by atoms with van der Waals surface area (Å²) >= 11 is 0. The number of ether oxygens (including phenoxy) is 2. The van der Waals surface area contributed by atoms with Crippen LogP contribution in [-0.4, -0.2) is 49.7 Å². The second-order valence-electron chi connectivity index (χ2n) is 10.9. The zero-order valence-electron chi connectivity index (χ0n) is 24.5. The molecule has 0 spiro atoms. The number of aliphatic carboxylic acids is 1. The molecule has 43 heavy (non-hydrogen) atoms. The van der Waals surface area contributed by atoms with Gasteiger partial charge < -0.3 is 24.7 Å². The lowest BCUT2D eigenvalue weighted by Crippen LogP contribution is -2.40. The second-order valence-corrected chi connectivity index (χ2v) is 10.9. The van der Waals surface area contributed by atoms with Gasteiger partial charge in [-0.05, 0) is 58.5 Å². The molecule has 4 aromatic carbocycles. The standard InChI is InChI=1S/C36H40N2O5/c39-36(40)18-22-43-38-35(24-28-11-12-29-9-4-5-10-31(29)23-28)34-25-37-19-17-33(34)30-13-15-32(16-14-30)42-21-6-20-41-26-27-7-2-1-3-8-27/h1-5,7-16,23,33-34,37H,6,17-22,24-26H2,(H,39,40)/b38-35-. The number of hydrogen-bond donors (Lipinski definition) is 2. The molecule has 1 heterocycles. The topological polar surface area (TPSA) is 89.4 Å². The van der Waals surface area contributed by atoms with Gasteiger partial charge >= 0.3 is 5.97 Å². The highest BCUT2D eigenvalue weighted by Gasteiger charge is 2.31. The van der Waals surface area contributed by atoms with Crippen molar-refractivity contribution in [3.63, 3.8) is 0 Å². The van der Waals surface area contributed by atoms with Crippen LogP contribution in [0.1, 0.15) is 41.9 Å². The predicted octanol–water partition coefficient (Wildman–Crippen LogP) is 6.61. The Morgan fingerprint density at radius 3 is 2.47 bits per heavy atom. The van der Waals surface area contributed by atoms with Crippen molar-refractivity contribution in [1.29, 1.82) is 0 Å². The minimum absolute atomic E-state index is 0.0463. The molecule has 224 valence electrons. The summed E-state index contributed by atoms with van der Waals surface area (Å²) in [6.45, 7) is 3.61. The van der Waals surface area contributed by atoms with E-state index in [1.54, 1.807) is 0 Å². The number of nitrogens with one attached hydrogen (secondary N) is 1. The summed E-state index contributed by atoms with van der Waals surface area (Å²) in [5.41, 5.74) is 4.49.